The van der Waals surface area contributed by atoms with Crippen molar-refractivity contribution in [3.8, 4) is 0 Å². The summed E-state index contributed by atoms with van der Waals surface area (Å²) in [5.74, 6) is -0.200. The van der Waals surface area contributed by atoms with E-state index in [1.165, 1.54) is 6.07 Å². The molecule has 0 saturated carbocycles. The Morgan fingerprint density at radius 2 is 2.37 bits per heavy atom. The van der Waals surface area contributed by atoms with Gasteiger partial charge in [0.05, 0.1) is 12.0 Å². The number of nitrogens with zero attached hydrogens (tertiary/aromatic N) is 1. The van der Waals surface area contributed by atoms with Gasteiger partial charge in [-0.2, -0.15) is 0 Å². The lowest BCUT2D eigenvalue weighted by Gasteiger charge is -2.35. The topological polar surface area (TPSA) is 28.4 Å². The first kappa shape index (κ1) is 12.5. The minimum absolute atomic E-state index is 0.200. The molecule has 1 aromatic carbocycles. The van der Waals surface area contributed by atoms with Crippen molar-refractivity contribution in [2.45, 2.75) is 25.8 Å². The number of anilines is 1. The molecule has 0 unspecified atom stereocenters. The van der Waals surface area contributed by atoms with E-state index in [4.69, 9.17) is 4.42 Å². The van der Waals surface area contributed by atoms with Gasteiger partial charge < -0.3 is 14.6 Å². The van der Waals surface area contributed by atoms with Crippen LogP contribution >= 0.6 is 0 Å². The third-order valence-electron chi connectivity index (χ3n) is 3.73. The highest BCUT2D eigenvalue weighted by molar-refractivity contribution is 5.89. The summed E-state index contributed by atoms with van der Waals surface area (Å²) >= 11 is 0. The summed E-state index contributed by atoms with van der Waals surface area (Å²) in [6.45, 7) is 4.92. The summed E-state index contributed by atoms with van der Waals surface area (Å²) in [4.78, 5) is 2.23. The van der Waals surface area contributed by atoms with Gasteiger partial charge in [-0.1, -0.05) is 13.3 Å². The Morgan fingerprint density at radius 3 is 3.21 bits per heavy atom. The van der Waals surface area contributed by atoms with Gasteiger partial charge >= 0.3 is 0 Å². The molecule has 102 valence electrons. The van der Waals surface area contributed by atoms with Crippen LogP contribution in [0.5, 0.6) is 0 Å². The molecule has 1 aliphatic heterocycles. The number of furan rings is 1. The van der Waals surface area contributed by atoms with E-state index in [0.717, 1.165) is 49.1 Å². The predicted molar refractivity (Wildman–Crippen MR) is 75.1 cm³/mol. The van der Waals surface area contributed by atoms with Gasteiger partial charge in [0.15, 0.2) is 5.58 Å². The molecule has 0 spiro atoms. The van der Waals surface area contributed by atoms with E-state index in [-0.39, 0.29) is 5.82 Å². The fourth-order valence-corrected chi connectivity index (χ4v) is 2.85. The van der Waals surface area contributed by atoms with E-state index in [9.17, 15) is 4.39 Å². The Labute approximate surface area is 112 Å². The van der Waals surface area contributed by atoms with Crippen LogP contribution in [-0.2, 0) is 0 Å². The van der Waals surface area contributed by atoms with Gasteiger partial charge in [0.2, 0.25) is 0 Å². The molecule has 1 N–H and O–H groups in total. The summed E-state index contributed by atoms with van der Waals surface area (Å²) in [6, 6.07) is 5.40. The number of rotatable bonds is 3. The molecule has 0 radical (unpaired) electrons. The molecule has 3 nitrogen and oxygen atoms in total. The number of halogens is 1. The molecule has 4 heteroatoms. The SMILES string of the molecule is CCC[C@H]1CN(c2cc(F)cc3ccoc23)CCN1. The van der Waals surface area contributed by atoms with Gasteiger partial charge in [-0.25, -0.2) is 4.39 Å². The number of hydrogen-bond donors (Lipinski definition) is 1. The van der Waals surface area contributed by atoms with Gasteiger partial charge in [0.1, 0.15) is 5.82 Å². The van der Waals surface area contributed by atoms with E-state index >= 15 is 0 Å². The quantitative estimate of drug-likeness (QED) is 0.921. The first-order chi connectivity index (χ1) is 9.28. The zero-order valence-corrected chi connectivity index (χ0v) is 11.2. The number of hydrogen-bond acceptors (Lipinski definition) is 3. The number of nitrogens with one attached hydrogen (secondary N) is 1. The average Bonchev–Trinajstić information content (AvgIpc) is 2.86. The van der Waals surface area contributed by atoms with Crippen molar-refractivity contribution in [1.82, 2.24) is 5.32 Å². The van der Waals surface area contributed by atoms with Crippen LogP contribution in [0.4, 0.5) is 10.1 Å². The zero-order valence-electron chi connectivity index (χ0n) is 11.2. The molecule has 2 heterocycles. The molecule has 1 atom stereocenters. The van der Waals surface area contributed by atoms with Crippen LogP contribution in [0.25, 0.3) is 11.0 Å². The van der Waals surface area contributed by atoms with E-state index < -0.39 is 0 Å². The van der Waals surface area contributed by atoms with E-state index in [1.807, 2.05) is 6.07 Å². The summed E-state index contributed by atoms with van der Waals surface area (Å²) in [5, 5.41) is 4.34. The molecular formula is C15H19FN2O. The maximum Gasteiger partial charge on any atom is 0.157 e. The van der Waals surface area contributed by atoms with Crippen LogP contribution < -0.4 is 10.2 Å². The maximum atomic E-state index is 13.7. The van der Waals surface area contributed by atoms with Gasteiger partial charge in [-0.15, -0.1) is 0 Å². The third kappa shape index (κ3) is 2.45. The molecule has 0 amide bonds. The molecule has 1 saturated heterocycles. The molecule has 0 bridgehead atoms. The van der Waals surface area contributed by atoms with Crippen LogP contribution in [0, 0.1) is 5.82 Å². The van der Waals surface area contributed by atoms with Crippen molar-refractivity contribution < 1.29 is 8.81 Å². The normalized spacial score (nSPS) is 20.1. The molecule has 2 aromatic rings. The van der Waals surface area contributed by atoms with Gasteiger partial charge in [0, 0.05) is 37.1 Å². The lowest BCUT2D eigenvalue weighted by Crippen LogP contribution is -2.50. The summed E-state index contributed by atoms with van der Waals surface area (Å²) in [6.07, 6.45) is 3.93. The van der Waals surface area contributed by atoms with E-state index in [2.05, 4.69) is 17.1 Å². The van der Waals surface area contributed by atoms with Gasteiger partial charge in [0.25, 0.3) is 0 Å². The zero-order chi connectivity index (χ0) is 13.2. The molecule has 3 rings (SSSR count). The molecule has 19 heavy (non-hydrogen) atoms. The standard InChI is InChI=1S/C15H19FN2O/c1-2-3-13-10-18(6-5-17-13)14-9-12(16)8-11-4-7-19-15(11)14/h4,7-9,13,17H,2-3,5-6,10H2,1H3/t13-/m0/s1. The molecule has 1 fully saturated rings. The Bertz CT molecular complexity index is 564. The Hall–Kier alpha value is -1.55. The smallest absolute Gasteiger partial charge is 0.157 e. The second-order valence-electron chi connectivity index (χ2n) is 5.15. The molecular weight excluding hydrogens is 243 g/mol. The van der Waals surface area contributed by atoms with Crippen molar-refractivity contribution in [1.29, 1.82) is 0 Å². The van der Waals surface area contributed by atoms with E-state index in [1.54, 1.807) is 12.3 Å². The van der Waals surface area contributed by atoms with Crippen molar-refractivity contribution in [3.63, 3.8) is 0 Å². The minimum atomic E-state index is -0.200. The largest absolute Gasteiger partial charge is 0.462 e. The number of benzene rings is 1. The maximum absolute atomic E-state index is 13.7. The lowest BCUT2D eigenvalue weighted by atomic mass is 10.1. The highest BCUT2D eigenvalue weighted by Gasteiger charge is 2.21. The summed E-state index contributed by atoms with van der Waals surface area (Å²) < 4.78 is 19.2. The van der Waals surface area contributed by atoms with Crippen molar-refractivity contribution in [2.24, 2.45) is 0 Å². The van der Waals surface area contributed by atoms with Crippen LogP contribution in [-0.4, -0.2) is 25.7 Å². The van der Waals surface area contributed by atoms with Crippen LogP contribution in [0.1, 0.15) is 19.8 Å². The second kappa shape index (κ2) is 5.21. The fourth-order valence-electron chi connectivity index (χ4n) is 2.85. The lowest BCUT2D eigenvalue weighted by molar-refractivity contribution is 0.430. The Morgan fingerprint density at radius 1 is 1.47 bits per heavy atom. The Balaban J connectivity index is 1.92. The highest BCUT2D eigenvalue weighted by Crippen LogP contribution is 2.30. The second-order valence-corrected chi connectivity index (χ2v) is 5.15. The molecule has 0 aliphatic carbocycles. The van der Waals surface area contributed by atoms with Crippen LogP contribution in [0.3, 0.4) is 0 Å². The number of fused-ring (bicyclic) bond motifs is 1. The van der Waals surface area contributed by atoms with Gasteiger partial charge in [-0.05, 0) is 18.6 Å². The van der Waals surface area contributed by atoms with E-state index in [0.29, 0.717) is 6.04 Å². The average molecular weight is 262 g/mol. The Kier molecular flexibility index (Phi) is 3.42. The molecule has 1 aliphatic rings. The third-order valence-corrected chi connectivity index (χ3v) is 3.73. The van der Waals surface area contributed by atoms with Crippen LogP contribution in [0.2, 0.25) is 0 Å². The predicted octanol–water partition coefficient (Wildman–Crippen LogP) is 3.15. The number of piperazine rings is 1. The fraction of sp³-hybridized carbons (Fsp3) is 0.467. The summed E-state index contributed by atoms with van der Waals surface area (Å²) in [5.41, 5.74) is 1.67. The van der Waals surface area contributed by atoms with Crippen LogP contribution in [0.15, 0.2) is 28.9 Å². The first-order valence-electron chi connectivity index (χ1n) is 6.93. The van der Waals surface area contributed by atoms with Crippen molar-refractivity contribution in [2.75, 3.05) is 24.5 Å². The van der Waals surface area contributed by atoms with Crippen molar-refractivity contribution >= 4 is 16.7 Å². The monoisotopic (exact) mass is 262 g/mol. The van der Waals surface area contributed by atoms with Gasteiger partial charge in [-0.3, -0.25) is 0 Å². The summed E-state index contributed by atoms with van der Waals surface area (Å²) in [7, 11) is 0. The minimum Gasteiger partial charge on any atom is -0.462 e. The van der Waals surface area contributed by atoms with Crippen molar-refractivity contribution in [3.05, 3.63) is 30.3 Å². The first-order valence-corrected chi connectivity index (χ1v) is 6.93. The molecule has 1 aromatic heterocycles. The highest BCUT2D eigenvalue weighted by atomic mass is 19.1.